The first-order valence-electron chi connectivity index (χ1n) is 11.1. The van der Waals surface area contributed by atoms with Gasteiger partial charge in [-0.2, -0.15) is 0 Å². The molecule has 6 nitrogen and oxygen atoms in total. The highest BCUT2D eigenvalue weighted by molar-refractivity contribution is 5.76. The fourth-order valence-corrected chi connectivity index (χ4v) is 3.94. The van der Waals surface area contributed by atoms with Gasteiger partial charge in [-0.25, -0.2) is 0 Å². The minimum atomic E-state index is 0.0889. The summed E-state index contributed by atoms with van der Waals surface area (Å²) in [6.45, 7) is 8.13. The van der Waals surface area contributed by atoms with Crippen molar-refractivity contribution in [1.82, 2.24) is 10.2 Å². The average Bonchev–Trinajstić information content (AvgIpc) is 2.80. The van der Waals surface area contributed by atoms with Crippen LogP contribution in [0.4, 0.5) is 5.69 Å². The molecule has 2 aromatic carbocycles. The minimum absolute atomic E-state index is 0.0889. The summed E-state index contributed by atoms with van der Waals surface area (Å²) >= 11 is 0. The number of anilines is 1. The fourth-order valence-electron chi connectivity index (χ4n) is 3.94. The molecule has 0 bridgehead atoms. The predicted octanol–water partition coefficient (Wildman–Crippen LogP) is 3.27. The van der Waals surface area contributed by atoms with Gasteiger partial charge in [0.2, 0.25) is 5.91 Å². The van der Waals surface area contributed by atoms with E-state index in [1.807, 2.05) is 18.2 Å². The Morgan fingerprint density at radius 3 is 2.35 bits per heavy atom. The molecular formula is C25H35N3O3. The topological polar surface area (TPSA) is 54.0 Å². The zero-order valence-corrected chi connectivity index (χ0v) is 19.0. The van der Waals surface area contributed by atoms with Gasteiger partial charge in [0.15, 0.2) is 0 Å². The van der Waals surface area contributed by atoms with Gasteiger partial charge in [-0.15, -0.1) is 0 Å². The molecule has 0 unspecified atom stereocenters. The molecule has 0 radical (unpaired) electrons. The number of rotatable bonds is 10. The number of aryl methyl sites for hydroxylation is 2. The maximum Gasteiger partial charge on any atom is 0.220 e. The smallest absolute Gasteiger partial charge is 0.220 e. The minimum Gasteiger partial charge on any atom is -0.497 e. The lowest BCUT2D eigenvalue weighted by Crippen LogP contribution is -2.47. The molecule has 1 fully saturated rings. The number of hydrogen-bond acceptors (Lipinski definition) is 5. The lowest BCUT2D eigenvalue weighted by molar-refractivity contribution is -0.121. The summed E-state index contributed by atoms with van der Waals surface area (Å²) in [6.07, 6.45) is 2.11. The molecule has 3 rings (SSSR count). The van der Waals surface area contributed by atoms with E-state index >= 15 is 0 Å². The normalized spacial score (nSPS) is 14.4. The third-order valence-electron chi connectivity index (χ3n) is 5.76. The second kappa shape index (κ2) is 11.6. The van der Waals surface area contributed by atoms with Crippen LogP contribution in [0.15, 0.2) is 42.5 Å². The Balaban J connectivity index is 1.31. The van der Waals surface area contributed by atoms with Gasteiger partial charge >= 0.3 is 0 Å². The number of carbonyl (C=O) groups excluding carboxylic acids is 1. The van der Waals surface area contributed by atoms with Crippen molar-refractivity contribution < 1.29 is 14.3 Å². The maximum atomic E-state index is 12.2. The van der Waals surface area contributed by atoms with Gasteiger partial charge in [-0.3, -0.25) is 9.69 Å². The van der Waals surface area contributed by atoms with Crippen LogP contribution in [0.25, 0.3) is 0 Å². The lowest BCUT2D eigenvalue weighted by Gasteiger charge is -2.36. The Morgan fingerprint density at radius 1 is 1.00 bits per heavy atom. The largest absolute Gasteiger partial charge is 0.497 e. The first-order valence-corrected chi connectivity index (χ1v) is 11.1. The summed E-state index contributed by atoms with van der Waals surface area (Å²) in [4.78, 5) is 17.2. The molecule has 0 aromatic heterocycles. The second-order valence-corrected chi connectivity index (χ2v) is 8.09. The van der Waals surface area contributed by atoms with Crippen LogP contribution in [0, 0.1) is 6.92 Å². The number of amides is 1. The van der Waals surface area contributed by atoms with Crippen LogP contribution in [0.1, 0.15) is 24.0 Å². The van der Waals surface area contributed by atoms with Crippen molar-refractivity contribution in [1.29, 1.82) is 0 Å². The lowest BCUT2D eigenvalue weighted by atomic mass is 10.1. The first kappa shape index (κ1) is 22.9. The number of carbonyl (C=O) groups is 1. The summed E-state index contributed by atoms with van der Waals surface area (Å²) in [6, 6.07) is 14.5. The van der Waals surface area contributed by atoms with Gasteiger partial charge in [0, 0.05) is 50.9 Å². The van der Waals surface area contributed by atoms with Gasteiger partial charge in [-0.1, -0.05) is 12.1 Å². The molecular weight excluding hydrogens is 390 g/mol. The SMILES string of the molecule is COc1cc(CCC(=O)NCCCN2CCN(c3cccc(C)c3)CC2)cc(OC)c1. The molecule has 1 aliphatic rings. The van der Waals surface area contributed by atoms with E-state index in [9.17, 15) is 4.79 Å². The fraction of sp³-hybridized carbons (Fsp3) is 0.480. The van der Waals surface area contributed by atoms with E-state index in [2.05, 4.69) is 46.3 Å². The maximum absolute atomic E-state index is 12.2. The summed E-state index contributed by atoms with van der Waals surface area (Å²) in [5.41, 5.74) is 3.67. The molecule has 1 N–H and O–H groups in total. The molecule has 2 aromatic rings. The highest BCUT2D eigenvalue weighted by Gasteiger charge is 2.16. The Labute approximate surface area is 186 Å². The Bertz CT molecular complexity index is 825. The average molecular weight is 426 g/mol. The first-order chi connectivity index (χ1) is 15.1. The van der Waals surface area contributed by atoms with Gasteiger partial charge < -0.3 is 19.7 Å². The molecule has 0 atom stereocenters. The molecule has 0 spiro atoms. The summed E-state index contributed by atoms with van der Waals surface area (Å²) in [7, 11) is 3.27. The van der Waals surface area contributed by atoms with Gasteiger partial charge in [0.1, 0.15) is 11.5 Å². The van der Waals surface area contributed by atoms with E-state index in [0.29, 0.717) is 12.8 Å². The molecule has 1 aliphatic heterocycles. The molecule has 1 saturated heterocycles. The van der Waals surface area contributed by atoms with Crippen molar-refractivity contribution in [2.24, 2.45) is 0 Å². The number of ether oxygens (including phenoxy) is 2. The van der Waals surface area contributed by atoms with E-state index in [-0.39, 0.29) is 5.91 Å². The van der Waals surface area contributed by atoms with Crippen molar-refractivity contribution >= 4 is 11.6 Å². The molecule has 1 heterocycles. The number of methoxy groups -OCH3 is 2. The van der Waals surface area contributed by atoms with Crippen molar-refractivity contribution in [3.8, 4) is 11.5 Å². The van der Waals surface area contributed by atoms with Crippen LogP contribution in [-0.4, -0.2) is 64.3 Å². The van der Waals surface area contributed by atoms with E-state index in [4.69, 9.17) is 9.47 Å². The van der Waals surface area contributed by atoms with Crippen LogP contribution in [0.5, 0.6) is 11.5 Å². The van der Waals surface area contributed by atoms with Crippen molar-refractivity contribution in [2.45, 2.75) is 26.2 Å². The Morgan fingerprint density at radius 2 is 1.71 bits per heavy atom. The van der Waals surface area contributed by atoms with Gasteiger partial charge in [0.05, 0.1) is 14.2 Å². The summed E-state index contributed by atoms with van der Waals surface area (Å²) < 4.78 is 10.6. The molecule has 1 amide bonds. The molecule has 6 heteroatoms. The summed E-state index contributed by atoms with van der Waals surface area (Å²) in [5, 5.41) is 3.05. The van der Waals surface area contributed by atoms with Crippen LogP contribution in [0.2, 0.25) is 0 Å². The van der Waals surface area contributed by atoms with Crippen LogP contribution < -0.4 is 19.7 Å². The number of hydrogen-bond donors (Lipinski definition) is 1. The predicted molar refractivity (Wildman–Crippen MR) is 125 cm³/mol. The third-order valence-corrected chi connectivity index (χ3v) is 5.76. The molecule has 0 saturated carbocycles. The van der Waals surface area contributed by atoms with E-state index in [0.717, 1.165) is 62.8 Å². The van der Waals surface area contributed by atoms with Crippen molar-refractivity contribution in [3.63, 3.8) is 0 Å². The monoisotopic (exact) mass is 425 g/mol. The van der Waals surface area contributed by atoms with E-state index in [1.54, 1.807) is 14.2 Å². The zero-order valence-electron chi connectivity index (χ0n) is 19.0. The quantitative estimate of drug-likeness (QED) is 0.592. The standard InChI is InChI=1S/C25H35N3O3/c1-20-6-4-7-22(16-20)28-14-12-27(13-15-28)11-5-10-26-25(29)9-8-21-17-23(30-2)19-24(18-21)31-3/h4,6-7,16-19H,5,8-15H2,1-3H3,(H,26,29). The van der Waals surface area contributed by atoms with Crippen LogP contribution in [0.3, 0.4) is 0 Å². The number of benzene rings is 2. The molecule has 31 heavy (non-hydrogen) atoms. The molecule has 168 valence electrons. The van der Waals surface area contributed by atoms with Crippen LogP contribution >= 0.6 is 0 Å². The van der Waals surface area contributed by atoms with E-state index < -0.39 is 0 Å². The Kier molecular flexibility index (Phi) is 8.59. The summed E-state index contributed by atoms with van der Waals surface area (Å²) in [5.74, 6) is 1.58. The number of nitrogens with zero attached hydrogens (tertiary/aromatic N) is 2. The van der Waals surface area contributed by atoms with E-state index in [1.165, 1.54) is 11.3 Å². The highest BCUT2D eigenvalue weighted by atomic mass is 16.5. The zero-order chi connectivity index (χ0) is 22.1. The molecule has 0 aliphatic carbocycles. The van der Waals surface area contributed by atoms with Crippen LogP contribution in [-0.2, 0) is 11.2 Å². The number of piperazine rings is 1. The third kappa shape index (κ3) is 7.17. The van der Waals surface area contributed by atoms with Gasteiger partial charge in [-0.05, 0) is 61.7 Å². The number of nitrogens with one attached hydrogen (secondary N) is 1. The Hall–Kier alpha value is -2.73. The van der Waals surface area contributed by atoms with Crippen molar-refractivity contribution in [3.05, 3.63) is 53.6 Å². The second-order valence-electron chi connectivity index (χ2n) is 8.09. The highest BCUT2D eigenvalue weighted by Crippen LogP contribution is 2.23. The van der Waals surface area contributed by atoms with Gasteiger partial charge in [0.25, 0.3) is 0 Å². The van der Waals surface area contributed by atoms with Crippen molar-refractivity contribution in [2.75, 3.05) is 58.4 Å².